The number of ether oxygens (including phenoxy) is 2. The zero-order chi connectivity index (χ0) is 9.84. The summed E-state index contributed by atoms with van der Waals surface area (Å²) in [6.45, 7) is 0. The Balaban J connectivity index is 3.20. The van der Waals surface area contributed by atoms with Gasteiger partial charge in [-0.1, -0.05) is 0 Å². The monoisotopic (exact) mass is 205 g/mol. The SMILES string of the molecule is COc1cc(NCl)c(F)c(OC)c1. The minimum atomic E-state index is -0.543. The standard InChI is InChI=1S/C8H9ClFNO2/c1-12-5-3-6(11-9)8(10)7(4-5)13-2/h3-4,11H,1-2H3. The van der Waals surface area contributed by atoms with Gasteiger partial charge in [0.25, 0.3) is 0 Å². The van der Waals surface area contributed by atoms with Crippen LogP contribution in [-0.2, 0) is 0 Å². The summed E-state index contributed by atoms with van der Waals surface area (Å²) >= 11 is 5.29. The van der Waals surface area contributed by atoms with E-state index in [0.717, 1.165) is 0 Å². The highest BCUT2D eigenvalue weighted by atomic mass is 35.5. The zero-order valence-corrected chi connectivity index (χ0v) is 7.98. The topological polar surface area (TPSA) is 30.5 Å². The predicted octanol–water partition coefficient (Wildman–Crippen LogP) is 2.41. The van der Waals surface area contributed by atoms with Gasteiger partial charge < -0.3 is 9.47 Å². The largest absolute Gasteiger partial charge is 0.497 e. The maximum Gasteiger partial charge on any atom is 0.189 e. The fraction of sp³-hybridized carbons (Fsp3) is 0.250. The van der Waals surface area contributed by atoms with Crippen LogP contribution in [0, 0.1) is 5.82 Å². The number of anilines is 1. The van der Waals surface area contributed by atoms with E-state index in [1.54, 1.807) is 0 Å². The molecule has 0 unspecified atom stereocenters. The fourth-order valence-corrected chi connectivity index (χ4v) is 1.05. The van der Waals surface area contributed by atoms with Crippen LogP contribution in [0.1, 0.15) is 0 Å². The van der Waals surface area contributed by atoms with Gasteiger partial charge in [-0.3, -0.25) is 4.84 Å². The van der Waals surface area contributed by atoms with Crippen molar-refractivity contribution >= 4 is 17.5 Å². The van der Waals surface area contributed by atoms with Gasteiger partial charge in [0, 0.05) is 23.9 Å². The third kappa shape index (κ3) is 1.95. The van der Waals surface area contributed by atoms with Gasteiger partial charge in [-0.2, -0.15) is 0 Å². The molecule has 1 aromatic carbocycles. The number of hydrogen-bond donors (Lipinski definition) is 1. The lowest BCUT2D eigenvalue weighted by atomic mass is 10.2. The fourth-order valence-electron chi connectivity index (χ4n) is 0.908. The van der Waals surface area contributed by atoms with Gasteiger partial charge in [0.05, 0.1) is 19.9 Å². The third-order valence-corrected chi connectivity index (χ3v) is 1.77. The Morgan fingerprint density at radius 2 is 2.00 bits per heavy atom. The molecule has 0 bridgehead atoms. The van der Waals surface area contributed by atoms with Crippen molar-refractivity contribution in [1.29, 1.82) is 0 Å². The van der Waals surface area contributed by atoms with Crippen molar-refractivity contribution in [2.45, 2.75) is 0 Å². The number of rotatable bonds is 3. The second kappa shape index (κ2) is 4.18. The molecule has 0 heterocycles. The molecule has 72 valence electrons. The number of methoxy groups -OCH3 is 2. The molecular weight excluding hydrogens is 197 g/mol. The van der Waals surface area contributed by atoms with Gasteiger partial charge in [-0.25, -0.2) is 4.39 Å². The molecule has 5 heteroatoms. The summed E-state index contributed by atoms with van der Waals surface area (Å²) < 4.78 is 22.9. The number of hydrogen-bond acceptors (Lipinski definition) is 3. The predicted molar refractivity (Wildman–Crippen MR) is 49.0 cm³/mol. The van der Waals surface area contributed by atoms with E-state index in [2.05, 4.69) is 4.84 Å². The quantitative estimate of drug-likeness (QED) is 0.769. The molecular formula is C8H9ClFNO2. The van der Waals surface area contributed by atoms with Crippen molar-refractivity contribution in [3.8, 4) is 11.5 Å². The highest BCUT2D eigenvalue weighted by molar-refractivity contribution is 6.24. The molecule has 1 rings (SSSR count). The van der Waals surface area contributed by atoms with E-state index in [-0.39, 0.29) is 11.4 Å². The lowest BCUT2D eigenvalue weighted by Crippen LogP contribution is -1.94. The van der Waals surface area contributed by atoms with Gasteiger partial charge in [0.1, 0.15) is 5.75 Å². The van der Waals surface area contributed by atoms with Crippen molar-refractivity contribution in [3.05, 3.63) is 17.9 Å². The molecule has 0 fully saturated rings. The summed E-state index contributed by atoms with van der Waals surface area (Å²) in [5.41, 5.74) is 0.123. The summed E-state index contributed by atoms with van der Waals surface area (Å²) in [6.07, 6.45) is 0. The van der Waals surface area contributed by atoms with Crippen LogP contribution in [-0.4, -0.2) is 14.2 Å². The average Bonchev–Trinajstić information content (AvgIpc) is 2.18. The van der Waals surface area contributed by atoms with Crippen LogP contribution < -0.4 is 14.3 Å². The van der Waals surface area contributed by atoms with Crippen molar-refractivity contribution in [2.75, 3.05) is 19.1 Å². The van der Waals surface area contributed by atoms with E-state index < -0.39 is 5.82 Å². The van der Waals surface area contributed by atoms with Crippen LogP contribution in [0.2, 0.25) is 0 Å². The van der Waals surface area contributed by atoms with Gasteiger partial charge in [0.2, 0.25) is 0 Å². The average molecular weight is 206 g/mol. The maximum absolute atomic E-state index is 13.3. The van der Waals surface area contributed by atoms with E-state index in [1.165, 1.54) is 26.4 Å². The number of benzene rings is 1. The summed E-state index contributed by atoms with van der Waals surface area (Å²) in [6, 6.07) is 2.87. The molecule has 0 aromatic heterocycles. The minimum Gasteiger partial charge on any atom is -0.497 e. The van der Waals surface area contributed by atoms with Crippen LogP contribution in [0.25, 0.3) is 0 Å². The third-order valence-electron chi connectivity index (χ3n) is 1.57. The van der Waals surface area contributed by atoms with Crippen LogP contribution in [0.15, 0.2) is 12.1 Å². The van der Waals surface area contributed by atoms with Crippen molar-refractivity contribution in [1.82, 2.24) is 0 Å². The molecule has 13 heavy (non-hydrogen) atoms. The van der Waals surface area contributed by atoms with Crippen LogP contribution in [0.3, 0.4) is 0 Å². The van der Waals surface area contributed by atoms with E-state index in [1.807, 2.05) is 0 Å². The number of halogens is 2. The minimum absolute atomic E-state index is 0.0856. The first-order chi connectivity index (χ1) is 6.22. The second-order valence-electron chi connectivity index (χ2n) is 2.29. The molecule has 0 atom stereocenters. The van der Waals surface area contributed by atoms with Crippen LogP contribution >= 0.6 is 11.8 Å². The maximum atomic E-state index is 13.3. The molecule has 0 saturated heterocycles. The van der Waals surface area contributed by atoms with Gasteiger partial charge in [-0.05, 0) is 0 Å². The summed E-state index contributed by atoms with van der Waals surface area (Å²) in [5.74, 6) is 0.0159. The first-order valence-corrected chi connectivity index (χ1v) is 3.89. The smallest absolute Gasteiger partial charge is 0.189 e. The van der Waals surface area contributed by atoms with Gasteiger partial charge in [-0.15, -0.1) is 0 Å². The molecule has 0 aliphatic rings. The molecule has 0 spiro atoms. The molecule has 0 radical (unpaired) electrons. The van der Waals surface area contributed by atoms with E-state index in [9.17, 15) is 4.39 Å². The first kappa shape index (κ1) is 9.92. The Bertz CT molecular complexity index is 281. The molecule has 0 aliphatic carbocycles. The molecule has 0 saturated carbocycles. The van der Waals surface area contributed by atoms with Crippen molar-refractivity contribution in [3.63, 3.8) is 0 Å². The molecule has 1 aromatic rings. The number of nitrogens with one attached hydrogen (secondary N) is 1. The van der Waals surface area contributed by atoms with E-state index in [4.69, 9.17) is 21.3 Å². The summed E-state index contributed by atoms with van der Waals surface area (Å²) in [5, 5.41) is 0. The lowest BCUT2D eigenvalue weighted by molar-refractivity contribution is 0.375. The van der Waals surface area contributed by atoms with E-state index >= 15 is 0 Å². The summed E-state index contributed by atoms with van der Waals surface area (Å²) in [7, 11) is 2.85. The van der Waals surface area contributed by atoms with Crippen molar-refractivity contribution < 1.29 is 13.9 Å². The van der Waals surface area contributed by atoms with Crippen LogP contribution in [0.5, 0.6) is 11.5 Å². The molecule has 1 N–H and O–H groups in total. The lowest BCUT2D eigenvalue weighted by Gasteiger charge is -2.08. The molecule has 0 amide bonds. The zero-order valence-electron chi connectivity index (χ0n) is 7.23. The Morgan fingerprint density at radius 3 is 2.46 bits per heavy atom. The Hall–Kier alpha value is -1.16. The van der Waals surface area contributed by atoms with Crippen LogP contribution in [0.4, 0.5) is 10.1 Å². The Morgan fingerprint density at radius 1 is 1.31 bits per heavy atom. The summed E-state index contributed by atoms with van der Waals surface area (Å²) in [4.78, 5) is 2.18. The Labute approximate surface area is 80.5 Å². The molecule has 3 nitrogen and oxygen atoms in total. The van der Waals surface area contributed by atoms with E-state index in [0.29, 0.717) is 5.75 Å². The highest BCUT2D eigenvalue weighted by Gasteiger charge is 2.10. The molecule has 0 aliphatic heterocycles. The van der Waals surface area contributed by atoms with Gasteiger partial charge in [0.15, 0.2) is 11.6 Å². The second-order valence-corrected chi connectivity index (χ2v) is 2.47. The van der Waals surface area contributed by atoms with Gasteiger partial charge >= 0.3 is 0 Å². The first-order valence-electron chi connectivity index (χ1n) is 3.51. The van der Waals surface area contributed by atoms with Crippen molar-refractivity contribution in [2.24, 2.45) is 0 Å². The highest BCUT2D eigenvalue weighted by Crippen LogP contribution is 2.30. The Kier molecular flexibility index (Phi) is 3.19. The normalized spacial score (nSPS) is 9.54.